The second kappa shape index (κ2) is 4.98. The number of likely N-dealkylation sites (N-methyl/N-ethyl adjacent to an activating group) is 1. The van der Waals surface area contributed by atoms with Gasteiger partial charge in [-0.25, -0.2) is 4.98 Å². The Balaban J connectivity index is 2.03. The maximum Gasteiger partial charge on any atom is 0.214 e. The highest BCUT2D eigenvalue weighted by Crippen LogP contribution is 2.23. The van der Waals surface area contributed by atoms with E-state index < -0.39 is 11.5 Å². The van der Waals surface area contributed by atoms with Crippen LogP contribution in [-0.4, -0.2) is 42.5 Å². The van der Waals surface area contributed by atoms with E-state index in [9.17, 15) is 9.50 Å². The number of halogens is 1. The predicted octanol–water partition coefficient (Wildman–Crippen LogP) is 1.20. The van der Waals surface area contributed by atoms with Crippen molar-refractivity contribution in [2.75, 3.05) is 31.7 Å². The fraction of sp³-hybridized carbons (Fsp3) is 0.583. The summed E-state index contributed by atoms with van der Waals surface area (Å²) in [6, 6.07) is 3.09. The summed E-state index contributed by atoms with van der Waals surface area (Å²) in [6.07, 6.45) is 2.66. The van der Waals surface area contributed by atoms with Gasteiger partial charge in [0.2, 0.25) is 5.95 Å². The molecule has 0 atom stereocenters. The minimum absolute atomic E-state index is 0.472. The maximum atomic E-state index is 13.0. The number of rotatable bonds is 3. The van der Waals surface area contributed by atoms with Crippen molar-refractivity contribution in [3.8, 4) is 0 Å². The molecule has 0 saturated carbocycles. The van der Waals surface area contributed by atoms with Crippen LogP contribution in [0.3, 0.4) is 0 Å². The van der Waals surface area contributed by atoms with Crippen molar-refractivity contribution in [1.29, 1.82) is 0 Å². The van der Waals surface area contributed by atoms with Gasteiger partial charge in [0.25, 0.3) is 0 Å². The zero-order valence-electron chi connectivity index (χ0n) is 9.90. The standard InChI is InChI=1S/C12H17FN2O2/c1-15(10-2-5-14-11(13)8-10)9-12(16)3-6-17-7-4-12/h2,5,8,16H,3-4,6-7,9H2,1H3. The molecule has 0 spiro atoms. The van der Waals surface area contributed by atoms with Gasteiger partial charge in [0.15, 0.2) is 0 Å². The Labute approximate surface area is 100 Å². The normalized spacial score (nSPS) is 19.0. The van der Waals surface area contributed by atoms with Crippen LogP contribution in [0.25, 0.3) is 0 Å². The van der Waals surface area contributed by atoms with Gasteiger partial charge in [0, 0.05) is 57.6 Å². The molecule has 0 bridgehead atoms. The Morgan fingerprint density at radius 2 is 2.24 bits per heavy atom. The quantitative estimate of drug-likeness (QED) is 0.806. The molecular formula is C12H17FN2O2. The van der Waals surface area contributed by atoms with Gasteiger partial charge in [-0.3, -0.25) is 0 Å². The van der Waals surface area contributed by atoms with E-state index in [4.69, 9.17) is 4.74 Å². The number of ether oxygens (including phenoxy) is 1. The molecule has 0 radical (unpaired) electrons. The maximum absolute atomic E-state index is 13.0. The first-order valence-electron chi connectivity index (χ1n) is 5.72. The minimum atomic E-state index is -0.743. The molecule has 1 aliphatic heterocycles. The lowest BCUT2D eigenvalue weighted by Gasteiger charge is -2.36. The smallest absolute Gasteiger partial charge is 0.214 e. The second-order valence-electron chi connectivity index (χ2n) is 4.53. The summed E-state index contributed by atoms with van der Waals surface area (Å²) in [7, 11) is 1.84. The SMILES string of the molecule is CN(CC1(O)CCOCC1)c1ccnc(F)c1. The lowest BCUT2D eigenvalue weighted by atomic mass is 9.94. The second-order valence-corrected chi connectivity index (χ2v) is 4.53. The predicted molar refractivity (Wildman–Crippen MR) is 62.5 cm³/mol. The van der Waals surface area contributed by atoms with Crippen LogP contribution in [0.15, 0.2) is 18.3 Å². The highest BCUT2D eigenvalue weighted by Gasteiger charge is 2.31. The average molecular weight is 240 g/mol. The van der Waals surface area contributed by atoms with Crippen molar-refractivity contribution in [2.24, 2.45) is 0 Å². The van der Waals surface area contributed by atoms with Crippen LogP contribution >= 0.6 is 0 Å². The van der Waals surface area contributed by atoms with Crippen LogP contribution in [0.5, 0.6) is 0 Å². The summed E-state index contributed by atoms with van der Waals surface area (Å²) in [6.45, 7) is 1.63. The number of anilines is 1. The van der Waals surface area contributed by atoms with E-state index in [0.29, 0.717) is 32.6 Å². The van der Waals surface area contributed by atoms with Gasteiger partial charge in [0.1, 0.15) is 0 Å². The fourth-order valence-corrected chi connectivity index (χ4v) is 2.07. The molecule has 0 aromatic carbocycles. The van der Waals surface area contributed by atoms with E-state index in [0.717, 1.165) is 5.69 Å². The van der Waals surface area contributed by atoms with E-state index in [2.05, 4.69) is 4.98 Å². The molecule has 17 heavy (non-hydrogen) atoms. The highest BCUT2D eigenvalue weighted by molar-refractivity contribution is 5.44. The fourth-order valence-electron chi connectivity index (χ4n) is 2.07. The summed E-state index contributed by atoms with van der Waals surface area (Å²) >= 11 is 0. The van der Waals surface area contributed by atoms with E-state index >= 15 is 0 Å². The van der Waals surface area contributed by atoms with Crippen molar-refractivity contribution < 1.29 is 14.2 Å². The van der Waals surface area contributed by atoms with Crippen molar-refractivity contribution >= 4 is 5.69 Å². The third-order valence-corrected chi connectivity index (χ3v) is 3.11. The Morgan fingerprint density at radius 3 is 2.88 bits per heavy atom. The summed E-state index contributed by atoms with van der Waals surface area (Å²) in [4.78, 5) is 5.35. The van der Waals surface area contributed by atoms with Gasteiger partial charge >= 0.3 is 0 Å². The topological polar surface area (TPSA) is 45.6 Å². The van der Waals surface area contributed by atoms with Crippen LogP contribution < -0.4 is 4.90 Å². The molecule has 1 fully saturated rings. The van der Waals surface area contributed by atoms with Crippen LogP contribution in [0.1, 0.15) is 12.8 Å². The van der Waals surface area contributed by atoms with Crippen molar-refractivity contribution in [1.82, 2.24) is 4.98 Å². The van der Waals surface area contributed by atoms with Gasteiger partial charge in [0.05, 0.1) is 5.60 Å². The molecule has 5 heteroatoms. The monoisotopic (exact) mass is 240 g/mol. The highest BCUT2D eigenvalue weighted by atomic mass is 19.1. The number of nitrogens with zero attached hydrogens (tertiary/aromatic N) is 2. The van der Waals surface area contributed by atoms with E-state index in [-0.39, 0.29) is 0 Å². The van der Waals surface area contributed by atoms with Gasteiger partial charge in [-0.15, -0.1) is 0 Å². The molecule has 1 N–H and O–H groups in total. The molecule has 0 aliphatic carbocycles. The van der Waals surface area contributed by atoms with Crippen LogP contribution in [0, 0.1) is 5.95 Å². The Bertz CT molecular complexity index is 381. The first-order valence-corrected chi connectivity index (χ1v) is 5.72. The van der Waals surface area contributed by atoms with E-state index in [1.165, 1.54) is 12.3 Å². The molecule has 2 heterocycles. The van der Waals surface area contributed by atoms with Crippen LogP contribution in [-0.2, 0) is 4.74 Å². The molecule has 1 aliphatic rings. The lowest BCUT2D eigenvalue weighted by Crippen LogP contribution is -2.45. The number of pyridine rings is 1. The van der Waals surface area contributed by atoms with Crippen LogP contribution in [0.4, 0.5) is 10.1 Å². The summed E-state index contributed by atoms with van der Waals surface area (Å²) in [5.74, 6) is -0.506. The third kappa shape index (κ3) is 3.14. The number of hydrogen-bond acceptors (Lipinski definition) is 4. The van der Waals surface area contributed by atoms with Gasteiger partial charge in [-0.1, -0.05) is 0 Å². The zero-order valence-corrected chi connectivity index (χ0v) is 9.90. The largest absolute Gasteiger partial charge is 0.388 e. The van der Waals surface area contributed by atoms with Crippen molar-refractivity contribution in [2.45, 2.75) is 18.4 Å². The van der Waals surface area contributed by atoms with Crippen molar-refractivity contribution in [3.63, 3.8) is 0 Å². The Morgan fingerprint density at radius 1 is 1.53 bits per heavy atom. The third-order valence-electron chi connectivity index (χ3n) is 3.11. The molecule has 2 rings (SSSR count). The van der Waals surface area contributed by atoms with Gasteiger partial charge in [-0.05, 0) is 6.07 Å². The Kier molecular flexibility index (Phi) is 3.59. The molecule has 1 saturated heterocycles. The number of aromatic nitrogens is 1. The first kappa shape index (κ1) is 12.3. The molecular weight excluding hydrogens is 223 g/mol. The summed E-state index contributed by atoms with van der Waals surface area (Å²) < 4.78 is 18.2. The Hall–Kier alpha value is -1.20. The number of aliphatic hydroxyl groups is 1. The van der Waals surface area contributed by atoms with E-state index in [1.807, 2.05) is 11.9 Å². The molecule has 0 unspecified atom stereocenters. The molecule has 0 amide bonds. The average Bonchev–Trinajstić information content (AvgIpc) is 2.29. The van der Waals surface area contributed by atoms with Gasteiger partial charge in [-0.2, -0.15) is 4.39 Å². The first-order chi connectivity index (χ1) is 8.09. The minimum Gasteiger partial charge on any atom is -0.388 e. The van der Waals surface area contributed by atoms with Crippen molar-refractivity contribution in [3.05, 3.63) is 24.3 Å². The molecule has 94 valence electrons. The van der Waals surface area contributed by atoms with Gasteiger partial charge < -0.3 is 14.7 Å². The zero-order chi connectivity index (χ0) is 12.3. The number of hydrogen-bond donors (Lipinski definition) is 1. The molecule has 1 aromatic heterocycles. The van der Waals surface area contributed by atoms with Crippen LogP contribution in [0.2, 0.25) is 0 Å². The molecule has 1 aromatic rings. The van der Waals surface area contributed by atoms with E-state index in [1.54, 1.807) is 6.07 Å². The summed E-state index contributed by atoms with van der Waals surface area (Å²) in [5.41, 5.74) is -0.0235. The lowest BCUT2D eigenvalue weighted by molar-refractivity contribution is -0.0572. The molecule has 4 nitrogen and oxygen atoms in total. The summed E-state index contributed by atoms with van der Waals surface area (Å²) in [5, 5.41) is 10.3.